The summed E-state index contributed by atoms with van der Waals surface area (Å²) in [6, 6.07) is 24.7. The molecule has 1 heterocycles. The molecule has 5 heteroatoms. The van der Waals surface area contributed by atoms with Crippen LogP contribution in [0.15, 0.2) is 103 Å². The van der Waals surface area contributed by atoms with E-state index in [1.165, 1.54) is 12.3 Å². The number of benzene rings is 3. The molecule has 0 saturated heterocycles. The largest absolute Gasteiger partial charge is 0.392 e. The van der Waals surface area contributed by atoms with Gasteiger partial charge in [0, 0.05) is 11.1 Å². The molecule has 0 atom stereocenters. The zero-order valence-electron chi connectivity index (χ0n) is 16.3. The highest BCUT2D eigenvalue weighted by molar-refractivity contribution is 5.89. The Hall–Kier alpha value is -3.99. The molecule has 0 amide bonds. The molecule has 0 unspecified atom stereocenters. The lowest BCUT2D eigenvalue weighted by Gasteiger charge is -2.11. The van der Waals surface area contributed by atoms with E-state index in [0.29, 0.717) is 23.4 Å². The highest BCUT2D eigenvalue weighted by atomic mass is 19.1. The molecule has 0 N–H and O–H groups in total. The van der Waals surface area contributed by atoms with Crippen molar-refractivity contribution in [2.75, 3.05) is 6.61 Å². The van der Waals surface area contributed by atoms with E-state index in [9.17, 15) is 4.39 Å². The van der Waals surface area contributed by atoms with Crippen LogP contribution < -0.4 is 0 Å². The first-order valence-corrected chi connectivity index (χ1v) is 9.53. The monoisotopic (exact) mass is 397 g/mol. The van der Waals surface area contributed by atoms with Gasteiger partial charge in [-0.3, -0.25) is 0 Å². The van der Waals surface area contributed by atoms with Gasteiger partial charge in [0.05, 0.1) is 23.8 Å². The third-order valence-electron chi connectivity index (χ3n) is 4.60. The van der Waals surface area contributed by atoms with Crippen LogP contribution in [0.5, 0.6) is 0 Å². The van der Waals surface area contributed by atoms with E-state index in [2.05, 4.69) is 29.0 Å². The number of nitrogens with zero attached hydrogens (tertiary/aromatic N) is 3. The summed E-state index contributed by atoms with van der Waals surface area (Å²) in [4.78, 5) is 5.11. The fraction of sp³-hybridized carbons (Fsp3) is 0.0400. The van der Waals surface area contributed by atoms with Gasteiger partial charge in [-0.05, 0) is 35.4 Å². The molecule has 0 bridgehead atoms. The zero-order chi connectivity index (χ0) is 20.8. The van der Waals surface area contributed by atoms with Gasteiger partial charge in [0.2, 0.25) is 0 Å². The summed E-state index contributed by atoms with van der Waals surface area (Å²) in [6.45, 7) is 3.88. The van der Waals surface area contributed by atoms with E-state index in [-0.39, 0.29) is 5.82 Å². The Morgan fingerprint density at radius 2 is 1.63 bits per heavy atom. The van der Waals surface area contributed by atoms with Crippen molar-refractivity contribution < 1.29 is 9.23 Å². The fourth-order valence-corrected chi connectivity index (χ4v) is 3.19. The van der Waals surface area contributed by atoms with Crippen molar-refractivity contribution in [3.05, 3.63) is 109 Å². The topological polar surface area (TPSA) is 39.4 Å². The highest BCUT2D eigenvalue weighted by Gasteiger charge is 2.17. The van der Waals surface area contributed by atoms with Crippen LogP contribution in [0.1, 0.15) is 5.56 Å². The second kappa shape index (κ2) is 9.01. The van der Waals surface area contributed by atoms with E-state index >= 15 is 0 Å². The number of oxime groups is 1. The number of halogens is 1. The van der Waals surface area contributed by atoms with Gasteiger partial charge in [0.25, 0.3) is 0 Å². The van der Waals surface area contributed by atoms with Crippen LogP contribution in [-0.4, -0.2) is 22.6 Å². The minimum absolute atomic E-state index is 0.292. The Bertz CT molecular complexity index is 1160. The van der Waals surface area contributed by atoms with Gasteiger partial charge in [-0.15, -0.1) is 0 Å². The molecule has 0 saturated carbocycles. The number of rotatable bonds is 7. The van der Waals surface area contributed by atoms with Crippen molar-refractivity contribution in [1.29, 1.82) is 0 Å². The molecule has 1 aromatic heterocycles. The fourth-order valence-electron chi connectivity index (χ4n) is 3.19. The average Bonchev–Trinajstić information content (AvgIpc) is 3.21. The van der Waals surface area contributed by atoms with Crippen molar-refractivity contribution in [2.24, 2.45) is 5.16 Å². The Balaban J connectivity index is 1.76. The van der Waals surface area contributed by atoms with Crippen molar-refractivity contribution >= 4 is 6.21 Å². The summed E-state index contributed by atoms with van der Waals surface area (Å²) < 4.78 is 16.3. The first-order chi connectivity index (χ1) is 14.8. The normalized spacial score (nSPS) is 11.0. The first kappa shape index (κ1) is 19.3. The van der Waals surface area contributed by atoms with E-state index in [1.807, 2.05) is 42.5 Å². The summed E-state index contributed by atoms with van der Waals surface area (Å²) in [5.74, 6) is -0.332. The number of hydrogen-bond donors (Lipinski definition) is 0. The molecule has 4 aromatic rings. The Morgan fingerprint density at radius 3 is 2.37 bits per heavy atom. The maximum Gasteiger partial charge on any atom is 0.135 e. The second-order valence-corrected chi connectivity index (χ2v) is 6.57. The third kappa shape index (κ3) is 4.05. The van der Waals surface area contributed by atoms with Crippen LogP contribution in [0.4, 0.5) is 4.39 Å². The van der Waals surface area contributed by atoms with Crippen LogP contribution in [0.3, 0.4) is 0 Å². The van der Waals surface area contributed by atoms with Crippen molar-refractivity contribution in [3.63, 3.8) is 0 Å². The van der Waals surface area contributed by atoms with Gasteiger partial charge < -0.3 is 4.84 Å². The van der Waals surface area contributed by atoms with Crippen LogP contribution >= 0.6 is 0 Å². The molecule has 0 aliphatic rings. The lowest BCUT2D eigenvalue weighted by molar-refractivity contribution is 0.176. The quantitative estimate of drug-likeness (QED) is 0.169. The Labute approximate surface area is 174 Å². The SMILES string of the molecule is C=CCON=Cc1cnn(-c2ccc(-c3ccccc3)cc2)c1-c1ccccc1F. The lowest BCUT2D eigenvalue weighted by atomic mass is 10.0. The third-order valence-corrected chi connectivity index (χ3v) is 4.60. The van der Waals surface area contributed by atoms with E-state index < -0.39 is 0 Å². The van der Waals surface area contributed by atoms with E-state index in [4.69, 9.17) is 4.84 Å². The maximum atomic E-state index is 14.6. The summed E-state index contributed by atoms with van der Waals surface area (Å²) in [6.07, 6.45) is 4.79. The highest BCUT2D eigenvalue weighted by Crippen LogP contribution is 2.29. The molecule has 0 radical (unpaired) electrons. The zero-order valence-corrected chi connectivity index (χ0v) is 16.3. The minimum Gasteiger partial charge on any atom is -0.392 e. The van der Waals surface area contributed by atoms with Gasteiger partial charge in [0.1, 0.15) is 12.4 Å². The molecule has 30 heavy (non-hydrogen) atoms. The summed E-state index contributed by atoms with van der Waals surface area (Å²) in [5.41, 5.74) is 4.74. The van der Waals surface area contributed by atoms with Crippen molar-refractivity contribution in [3.8, 4) is 28.1 Å². The maximum absolute atomic E-state index is 14.6. The molecular formula is C25H20FN3O. The predicted octanol–water partition coefficient (Wildman–Crippen LogP) is 5.88. The Kier molecular flexibility index (Phi) is 5.80. The average molecular weight is 397 g/mol. The summed E-state index contributed by atoms with van der Waals surface area (Å²) >= 11 is 0. The van der Waals surface area contributed by atoms with Crippen LogP contribution in [0.25, 0.3) is 28.1 Å². The minimum atomic E-state index is -0.332. The molecule has 0 fully saturated rings. The number of aromatic nitrogens is 2. The molecule has 148 valence electrons. The van der Waals surface area contributed by atoms with Crippen molar-refractivity contribution in [1.82, 2.24) is 9.78 Å². The molecule has 0 aliphatic carbocycles. The van der Waals surface area contributed by atoms with Gasteiger partial charge in [-0.1, -0.05) is 72.4 Å². The lowest BCUT2D eigenvalue weighted by Crippen LogP contribution is -2.01. The standard InChI is InChI=1S/C25H20FN3O/c1-2-16-30-28-18-21-17-27-29(25(21)23-10-6-7-11-24(23)26)22-14-12-20(13-15-22)19-8-4-3-5-9-19/h2-15,17-18H,1,16H2. The van der Waals surface area contributed by atoms with E-state index in [1.54, 1.807) is 35.2 Å². The van der Waals surface area contributed by atoms with Gasteiger partial charge >= 0.3 is 0 Å². The summed E-state index contributed by atoms with van der Waals surface area (Å²) in [5, 5.41) is 8.42. The van der Waals surface area contributed by atoms with Crippen LogP contribution in [0, 0.1) is 5.82 Å². The van der Waals surface area contributed by atoms with Crippen LogP contribution in [-0.2, 0) is 4.84 Å². The van der Waals surface area contributed by atoms with Crippen molar-refractivity contribution in [2.45, 2.75) is 0 Å². The Morgan fingerprint density at radius 1 is 0.933 bits per heavy atom. The van der Waals surface area contributed by atoms with Gasteiger partial charge in [-0.2, -0.15) is 5.10 Å². The van der Waals surface area contributed by atoms with Gasteiger partial charge in [-0.25, -0.2) is 9.07 Å². The molecule has 0 spiro atoms. The predicted molar refractivity (Wildman–Crippen MR) is 118 cm³/mol. The second-order valence-electron chi connectivity index (χ2n) is 6.57. The summed E-state index contributed by atoms with van der Waals surface area (Å²) in [7, 11) is 0. The van der Waals surface area contributed by atoms with Crippen LogP contribution in [0.2, 0.25) is 0 Å². The molecular weight excluding hydrogens is 377 g/mol. The molecule has 4 rings (SSSR count). The molecule has 0 aliphatic heterocycles. The van der Waals surface area contributed by atoms with E-state index in [0.717, 1.165) is 16.8 Å². The first-order valence-electron chi connectivity index (χ1n) is 9.53. The molecule has 3 aromatic carbocycles. The molecule has 4 nitrogen and oxygen atoms in total. The smallest absolute Gasteiger partial charge is 0.135 e. The van der Waals surface area contributed by atoms with Gasteiger partial charge in [0.15, 0.2) is 0 Å². The number of hydrogen-bond acceptors (Lipinski definition) is 3.